The topological polar surface area (TPSA) is 60.2 Å². The second kappa shape index (κ2) is 6.93. The van der Waals surface area contributed by atoms with Crippen molar-refractivity contribution in [3.8, 4) is 0 Å². The van der Waals surface area contributed by atoms with Gasteiger partial charge in [0.25, 0.3) is 0 Å². The molecule has 1 fully saturated rings. The molecule has 1 aliphatic carbocycles. The number of hydrogen-bond donors (Lipinski definition) is 1. The van der Waals surface area contributed by atoms with Gasteiger partial charge in [0.15, 0.2) is 9.84 Å². The van der Waals surface area contributed by atoms with E-state index in [2.05, 4.69) is 12.1 Å². The second-order valence-corrected chi connectivity index (χ2v) is 8.94. The van der Waals surface area contributed by atoms with E-state index in [9.17, 15) is 8.42 Å². The highest BCUT2D eigenvalue weighted by molar-refractivity contribution is 7.92. The molecule has 4 heteroatoms. The van der Waals surface area contributed by atoms with Crippen LogP contribution in [0.15, 0.2) is 30.3 Å². The summed E-state index contributed by atoms with van der Waals surface area (Å²) < 4.78 is 25.4. The third-order valence-corrected chi connectivity index (χ3v) is 7.16. The highest BCUT2D eigenvalue weighted by Gasteiger charge is 2.38. The molecule has 118 valence electrons. The van der Waals surface area contributed by atoms with E-state index >= 15 is 0 Å². The Morgan fingerprint density at radius 2 is 1.86 bits per heavy atom. The number of rotatable bonds is 5. The molecule has 0 radical (unpaired) electrons. The smallest absolute Gasteiger partial charge is 0.153 e. The fraction of sp³-hybridized carbons (Fsp3) is 0.647. The molecule has 1 aliphatic rings. The van der Waals surface area contributed by atoms with Crippen LogP contribution in [0.2, 0.25) is 0 Å². The van der Waals surface area contributed by atoms with Crippen molar-refractivity contribution in [2.45, 2.75) is 44.3 Å². The Bertz CT molecular complexity index is 539. The van der Waals surface area contributed by atoms with Crippen LogP contribution in [0.3, 0.4) is 0 Å². The fourth-order valence-corrected chi connectivity index (χ4v) is 6.05. The molecule has 1 aromatic rings. The van der Waals surface area contributed by atoms with E-state index in [1.807, 2.05) is 32.0 Å². The van der Waals surface area contributed by atoms with Crippen LogP contribution in [0.25, 0.3) is 0 Å². The summed E-state index contributed by atoms with van der Waals surface area (Å²) in [7, 11) is -3.06. The van der Waals surface area contributed by atoms with E-state index in [1.54, 1.807) is 0 Å². The predicted octanol–water partition coefficient (Wildman–Crippen LogP) is 2.97. The molecule has 2 N–H and O–H groups in total. The zero-order chi connectivity index (χ0) is 15.5. The first-order valence-corrected chi connectivity index (χ1v) is 9.62. The summed E-state index contributed by atoms with van der Waals surface area (Å²) in [5.41, 5.74) is 7.10. The Kier molecular flexibility index (Phi) is 5.44. The van der Waals surface area contributed by atoms with E-state index in [-0.39, 0.29) is 22.8 Å². The third-order valence-electron chi connectivity index (χ3n) is 4.53. The van der Waals surface area contributed by atoms with E-state index in [4.69, 9.17) is 5.73 Å². The van der Waals surface area contributed by atoms with E-state index < -0.39 is 9.84 Å². The van der Waals surface area contributed by atoms with Gasteiger partial charge in [-0.3, -0.25) is 0 Å². The molecule has 21 heavy (non-hydrogen) atoms. The first-order valence-electron chi connectivity index (χ1n) is 7.90. The van der Waals surface area contributed by atoms with Crippen molar-refractivity contribution in [1.29, 1.82) is 0 Å². The van der Waals surface area contributed by atoms with Crippen molar-refractivity contribution in [2.24, 2.45) is 17.6 Å². The van der Waals surface area contributed by atoms with Gasteiger partial charge < -0.3 is 5.73 Å². The van der Waals surface area contributed by atoms with Crippen molar-refractivity contribution in [3.05, 3.63) is 35.9 Å². The van der Waals surface area contributed by atoms with E-state index in [0.29, 0.717) is 12.5 Å². The molecule has 0 aliphatic heterocycles. The highest BCUT2D eigenvalue weighted by atomic mass is 32.2. The van der Waals surface area contributed by atoms with Crippen LogP contribution in [0.4, 0.5) is 0 Å². The molecule has 0 spiro atoms. The number of hydrogen-bond acceptors (Lipinski definition) is 3. The van der Waals surface area contributed by atoms with Crippen LogP contribution in [0.1, 0.15) is 44.6 Å². The summed E-state index contributed by atoms with van der Waals surface area (Å²) in [6.07, 6.45) is 2.68. The van der Waals surface area contributed by atoms with Gasteiger partial charge in [-0.15, -0.1) is 0 Å². The van der Waals surface area contributed by atoms with E-state index in [1.165, 1.54) is 5.56 Å². The zero-order valence-corrected chi connectivity index (χ0v) is 13.9. The lowest BCUT2D eigenvalue weighted by Crippen LogP contribution is -2.41. The second-order valence-electron chi connectivity index (χ2n) is 6.68. The number of sulfone groups is 1. The lowest BCUT2D eigenvalue weighted by molar-refractivity contribution is 0.331. The largest absolute Gasteiger partial charge is 0.330 e. The Hall–Kier alpha value is -0.870. The van der Waals surface area contributed by atoms with Crippen LogP contribution in [0.5, 0.6) is 0 Å². The van der Waals surface area contributed by atoms with Gasteiger partial charge in [0.2, 0.25) is 0 Å². The Morgan fingerprint density at radius 1 is 1.19 bits per heavy atom. The van der Waals surface area contributed by atoms with Gasteiger partial charge in [0.05, 0.1) is 11.0 Å². The maximum atomic E-state index is 12.7. The van der Waals surface area contributed by atoms with Gasteiger partial charge >= 0.3 is 0 Å². The van der Waals surface area contributed by atoms with Crippen molar-refractivity contribution in [3.63, 3.8) is 0 Å². The standard InChI is InChI=1S/C17H27NO2S/c1-13(2)12-21(19,20)17-10-15(8-9-16(17)11-18)14-6-4-3-5-7-14/h3-7,13,15-17H,8-12,18H2,1-2H3. The molecule has 3 atom stereocenters. The first-order chi connectivity index (χ1) is 9.94. The summed E-state index contributed by atoms with van der Waals surface area (Å²) >= 11 is 0. The van der Waals surface area contributed by atoms with Gasteiger partial charge in [-0.25, -0.2) is 8.42 Å². The molecule has 0 heterocycles. The molecule has 1 aromatic carbocycles. The van der Waals surface area contributed by atoms with Gasteiger partial charge in [-0.2, -0.15) is 0 Å². The molecule has 3 unspecified atom stereocenters. The predicted molar refractivity (Wildman–Crippen MR) is 88.0 cm³/mol. The molecule has 0 aromatic heterocycles. The number of benzene rings is 1. The summed E-state index contributed by atoms with van der Waals surface area (Å²) in [6, 6.07) is 10.3. The fourth-order valence-electron chi connectivity index (χ4n) is 3.52. The Balaban J connectivity index is 2.20. The summed E-state index contributed by atoms with van der Waals surface area (Å²) in [5.74, 6) is 0.913. The molecular formula is C17H27NO2S. The Labute approximate surface area is 128 Å². The van der Waals surface area contributed by atoms with Gasteiger partial charge in [-0.05, 0) is 49.1 Å². The molecule has 2 rings (SSSR count). The summed E-state index contributed by atoms with van der Waals surface area (Å²) in [4.78, 5) is 0. The lowest BCUT2D eigenvalue weighted by Gasteiger charge is -2.35. The normalized spacial score (nSPS) is 27.0. The van der Waals surface area contributed by atoms with Crippen LogP contribution < -0.4 is 5.73 Å². The van der Waals surface area contributed by atoms with Crippen molar-refractivity contribution < 1.29 is 8.42 Å². The quantitative estimate of drug-likeness (QED) is 0.909. The van der Waals surface area contributed by atoms with E-state index in [0.717, 1.165) is 19.3 Å². The molecule has 1 saturated carbocycles. The monoisotopic (exact) mass is 309 g/mol. The minimum Gasteiger partial charge on any atom is -0.330 e. The molecule has 0 amide bonds. The first kappa shape index (κ1) is 16.5. The third kappa shape index (κ3) is 4.07. The molecular weight excluding hydrogens is 282 g/mol. The van der Waals surface area contributed by atoms with Crippen LogP contribution >= 0.6 is 0 Å². The molecule has 0 saturated heterocycles. The maximum absolute atomic E-state index is 12.7. The summed E-state index contributed by atoms with van der Waals surface area (Å²) in [6.45, 7) is 4.41. The van der Waals surface area contributed by atoms with Crippen molar-refractivity contribution in [1.82, 2.24) is 0 Å². The van der Waals surface area contributed by atoms with Gasteiger partial charge in [0.1, 0.15) is 0 Å². The number of nitrogens with two attached hydrogens (primary N) is 1. The average molecular weight is 309 g/mol. The van der Waals surface area contributed by atoms with Crippen LogP contribution in [0, 0.1) is 11.8 Å². The SMILES string of the molecule is CC(C)CS(=O)(=O)C1CC(c2ccccc2)CCC1CN. The molecule has 0 bridgehead atoms. The maximum Gasteiger partial charge on any atom is 0.153 e. The minimum absolute atomic E-state index is 0.119. The van der Waals surface area contributed by atoms with Crippen LogP contribution in [-0.4, -0.2) is 26.0 Å². The van der Waals surface area contributed by atoms with Crippen molar-refractivity contribution in [2.75, 3.05) is 12.3 Å². The minimum atomic E-state index is -3.06. The summed E-state index contributed by atoms with van der Waals surface area (Å²) in [5, 5.41) is -0.274. The Morgan fingerprint density at radius 3 is 2.43 bits per heavy atom. The highest BCUT2D eigenvalue weighted by Crippen LogP contribution is 2.39. The molecule has 3 nitrogen and oxygen atoms in total. The van der Waals surface area contributed by atoms with Crippen LogP contribution in [-0.2, 0) is 9.84 Å². The average Bonchev–Trinajstić information content (AvgIpc) is 2.46. The van der Waals surface area contributed by atoms with Gasteiger partial charge in [-0.1, -0.05) is 44.2 Å². The lowest BCUT2D eigenvalue weighted by atomic mass is 9.78. The van der Waals surface area contributed by atoms with Crippen molar-refractivity contribution >= 4 is 9.84 Å². The zero-order valence-electron chi connectivity index (χ0n) is 13.0. The van der Waals surface area contributed by atoms with Gasteiger partial charge in [0, 0.05) is 0 Å².